The van der Waals surface area contributed by atoms with Gasteiger partial charge >= 0.3 is 0 Å². The van der Waals surface area contributed by atoms with Crippen molar-refractivity contribution >= 4 is 18.3 Å². The van der Waals surface area contributed by atoms with E-state index in [1.54, 1.807) is 7.11 Å². The van der Waals surface area contributed by atoms with Crippen molar-refractivity contribution in [2.75, 3.05) is 20.3 Å². The molecule has 2 bridgehead atoms. The third kappa shape index (κ3) is 4.76. The molecule has 0 atom stereocenters. The van der Waals surface area contributed by atoms with Gasteiger partial charge < -0.3 is 20.5 Å². The zero-order valence-electron chi connectivity index (χ0n) is 18.2. The minimum Gasteiger partial charge on any atom is -0.489 e. The molecular formula is C24H34ClFN2O3. The zero-order valence-corrected chi connectivity index (χ0v) is 19.0. The third-order valence-electron chi connectivity index (χ3n) is 7.80. The number of amides is 1. The van der Waals surface area contributed by atoms with E-state index >= 15 is 0 Å². The summed E-state index contributed by atoms with van der Waals surface area (Å²) in [5, 5.41) is 3.28. The van der Waals surface area contributed by atoms with Crippen LogP contribution in [0.1, 0.15) is 56.9 Å². The van der Waals surface area contributed by atoms with Gasteiger partial charge in [-0.15, -0.1) is 12.4 Å². The van der Waals surface area contributed by atoms with Crippen molar-refractivity contribution in [2.24, 2.45) is 11.1 Å². The Morgan fingerprint density at radius 2 is 1.77 bits per heavy atom. The highest BCUT2D eigenvalue weighted by Crippen LogP contribution is 2.58. The summed E-state index contributed by atoms with van der Waals surface area (Å²) >= 11 is 0. The van der Waals surface area contributed by atoms with E-state index in [1.807, 2.05) is 12.1 Å². The maximum atomic E-state index is 13.0. The zero-order chi connectivity index (χ0) is 21.2. The lowest BCUT2D eigenvalue weighted by atomic mass is 9.51. The van der Waals surface area contributed by atoms with Crippen molar-refractivity contribution in [2.45, 2.75) is 68.9 Å². The predicted octanol–water partition coefficient (Wildman–Crippen LogP) is 4.18. The van der Waals surface area contributed by atoms with Crippen LogP contribution in [0.15, 0.2) is 36.2 Å². The molecule has 31 heavy (non-hydrogen) atoms. The van der Waals surface area contributed by atoms with Crippen LogP contribution in [0.2, 0.25) is 0 Å². The standard InChI is InChI=1S/C24H33FN2O3.ClH/c1-29-21-12-19(13-21)27-22(28)24-9-6-23(7-10-24,8-11-24)18-2-4-20(5-3-18)30-16-17(14-25)15-26;/h2-5,14,19,21H,6-13,15-16,26H2,1H3,(H,27,28);1H/b17-14+;. The van der Waals surface area contributed by atoms with Crippen molar-refractivity contribution < 1.29 is 18.7 Å². The second-order valence-corrected chi connectivity index (χ2v) is 9.34. The van der Waals surface area contributed by atoms with E-state index in [0.29, 0.717) is 18.0 Å². The summed E-state index contributed by atoms with van der Waals surface area (Å²) < 4.78 is 23.6. The van der Waals surface area contributed by atoms with Crippen molar-refractivity contribution in [3.8, 4) is 5.75 Å². The monoisotopic (exact) mass is 452 g/mol. The maximum absolute atomic E-state index is 13.0. The van der Waals surface area contributed by atoms with Crippen LogP contribution in [0.3, 0.4) is 0 Å². The smallest absolute Gasteiger partial charge is 0.226 e. The molecule has 0 aromatic heterocycles. The molecule has 4 saturated carbocycles. The van der Waals surface area contributed by atoms with Gasteiger partial charge in [-0.05, 0) is 74.5 Å². The first-order valence-corrected chi connectivity index (χ1v) is 11.1. The van der Waals surface area contributed by atoms with Gasteiger partial charge in [-0.2, -0.15) is 0 Å². The van der Waals surface area contributed by atoms with Crippen LogP contribution < -0.4 is 15.8 Å². The number of hydrogen-bond donors (Lipinski definition) is 2. The van der Waals surface area contributed by atoms with Gasteiger partial charge in [0.05, 0.1) is 12.4 Å². The van der Waals surface area contributed by atoms with Crippen molar-refractivity contribution in [3.63, 3.8) is 0 Å². The molecule has 0 saturated heterocycles. The number of rotatable bonds is 8. The van der Waals surface area contributed by atoms with E-state index in [2.05, 4.69) is 17.4 Å². The first kappa shape index (κ1) is 24.0. The Hall–Kier alpha value is -1.63. The van der Waals surface area contributed by atoms with Crippen LogP contribution in [-0.2, 0) is 14.9 Å². The van der Waals surface area contributed by atoms with Crippen LogP contribution in [0.4, 0.5) is 4.39 Å². The second kappa shape index (κ2) is 9.88. The molecule has 4 aliphatic rings. The quantitative estimate of drug-likeness (QED) is 0.620. The number of nitrogens with one attached hydrogen (secondary N) is 1. The lowest BCUT2D eigenvalue weighted by Crippen LogP contribution is -2.56. The molecule has 0 spiro atoms. The van der Waals surface area contributed by atoms with Crippen molar-refractivity contribution in [3.05, 3.63) is 41.7 Å². The van der Waals surface area contributed by atoms with Crippen molar-refractivity contribution in [1.29, 1.82) is 0 Å². The summed E-state index contributed by atoms with van der Waals surface area (Å²) in [4.78, 5) is 13.0. The van der Waals surface area contributed by atoms with E-state index < -0.39 is 0 Å². The molecular weight excluding hydrogens is 419 g/mol. The van der Waals surface area contributed by atoms with Gasteiger partial charge in [-0.1, -0.05) is 12.1 Å². The predicted molar refractivity (Wildman–Crippen MR) is 121 cm³/mol. The number of fused-ring (bicyclic) bond motifs is 3. The fourth-order valence-electron chi connectivity index (χ4n) is 5.39. The number of halogens is 2. The SMILES string of the molecule is COC1CC(NC(=O)C23CCC(c4ccc(OC/C(=C/F)CN)cc4)(CC2)CC3)C1.Cl. The molecule has 3 N–H and O–H groups in total. The van der Waals surface area contributed by atoms with Crippen molar-refractivity contribution in [1.82, 2.24) is 5.32 Å². The van der Waals surface area contributed by atoms with Gasteiger partial charge in [0.1, 0.15) is 12.4 Å². The Morgan fingerprint density at radius 1 is 1.16 bits per heavy atom. The van der Waals surface area contributed by atoms with Crippen LogP contribution in [0, 0.1) is 5.41 Å². The minimum absolute atomic E-state index is 0. The van der Waals surface area contributed by atoms with Gasteiger partial charge in [0, 0.05) is 30.7 Å². The van der Waals surface area contributed by atoms with E-state index in [1.165, 1.54) is 5.56 Å². The molecule has 0 unspecified atom stereocenters. The normalized spacial score (nSPS) is 32.0. The first-order chi connectivity index (χ1) is 14.5. The highest BCUT2D eigenvalue weighted by molar-refractivity contribution is 5.85. The Kier molecular flexibility index (Phi) is 7.66. The van der Waals surface area contributed by atoms with E-state index in [0.717, 1.165) is 57.1 Å². The number of carbonyl (C=O) groups is 1. The van der Waals surface area contributed by atoms with Gasteiger partial charge in [-0.25, -0.2) is 4.39 Å². The Labute approximate surface area is 190 Å². The summed E-state index contributed by atoms with van der Waals surface area (Å²) in [6.45, 7) is 0.321. The molecule has 4 aliphatic carbocycles. The van der Waals surface area contributed by atoms with E-state index in [-0.39, 0.29) is 48.3 Å². The number of ether oxygens (including phenoxy) is 2. The minimum atomic E-state index is -0.180. The number of methoxy groups -OCH3 is 1. The summed E-state index contributed by atoms with van der Waals surface area (Å²) in [6, 6.07) is 8.47. The summed E-state index contributed by atoms with van der Waals surface area (Å²) in [5.74, 6) is 0.980. The molecule has 0 aliphatic heterocycles. The lowest BCUT2D eigenvalue weighted by Gasteiger charge is -2.53. The van der Waals surface area contributed by atoms with Gasteiger partial charge in [-0.3, -0.25) is 4.79 Å². The van der Waals surface area contributed by atoms with Crippen LogP contribution >= 0.6 is 12.4 Å². The summed E-state index contributed by atoms with van der Waals surface area (Å²) in [5.41, 5.74) is 7.22. The number of nitrogens with two attached hydrogens (primary N) is 1. The van der Waals surface area contributed by atoms with E-state index in [4.69, 9.17) is 15.2 Å². The molecule has 1 aromatic carbocycles. The lowest BCUT2D eigenvalue weighted by molar-refractivity contribution is -0.140. The Bertz CT molecular complexity index is 768. The Balaban J connectivity index is 0.00000272. The molecule has 1 aromatic rings. The number of hydrogen-bond acceptors (Lipinski definition) is 4. The van der Waals surface area contributed by atoms with Crippen LogP contribution in [-0.4, -0.2) is 38.3 Å². The molecule has 4 fully saturated rings. The highest BCUT2D eigenvalue weighted by atomic mass is 35.5. The fraction of sp³-hybridized carbons (Fsp3) is 0.625. The molecule has 1 amide bonds. The molecule has 5 nitrogen and oxygen atoms in total. The molecule has 172 valence electrons. The average Bonchev–Trinajstić information content (AvgIpc) is 2.78. The summed E-state index contributed by atoms with van der Waals surface area (Å²) in [7, 11) is 1.74. The maximum Gasteiger partial charge on any atom is 0.226 e. The molecule has 0 radical (unpaired) electrons. The largest absolute Gasteiger partial charge is 0.489 e. The van der Waals surface area contributed by atoms with Gasteiger partial charge in [0.15, 0.2) is 0 Å². The van der Waals surface area contributed by atoms with Gasteiger partial charge in [0.25, 0.3) is 0 Å². The molecule has 0 heterocycles. The highest BCUT2D eigenvalue weighted by Gasteiger charge is 2.53. The van der Waals surface area contributed by atoms with Crippen LogP contribution in [0.5, 0.6) is 5.75 Å². The second-order valence-electron chi connectivity index (χ2n) is 9.34. The summed E-state index contributed by atoms with van der Waals surface area (Å²) in [6.07, 6.45) is 8.71. The van der Waals surface area contributed by atoms with Crippen LogP contribution in [0.25, 0.3) is 0 Å². The third-order valence-corrected chi connectivity index (χ3v) is 7.80. The number of benzene rings is 1. The number of carbonyl (C=O) groups excluding carboxylic acids is 1. The Morgan fingerprint density at radius 3 is 2.29 bits per heavy atom. The molecule has 7 heteroatoms. The molecule has 5 rings (SSSR count). The first-order valence-electron chi connectivity index (χ1n) is 11.1. The van der Waals surface area contributed by atoms with Gasteiger partial charge in [0.2, 0.25) is 5.91 Å². The average molecular weight is 453 g/mol. The fourth-order valence-corrected chi connectivity index (χ4v) is 5.39. The van der Waals surface area contributed by atoms with E-state index in [9.17, 15) is 9.18 Å². The topological polar surface area (TPSA) is 73.6 Å².